The van der Waals surface area contributed by atoms with Crippen LogP contribution in [0.1, 0.15) is 23.2 Å². The van der Waals surface area contributed by atoms with Gasteiger partial charge in [-0.25, -0.2) is 9.97 Å². The Hall–Kier alpha value is -3.67. The third kappa shape index (κ3) is 2.31. The quantitative estimate of drug-likeness (QED) is 0.380. The molecule has 6 nitrogen and oxygen atoms in total. The van der Waals surface area contributed by atoms with Gasteiger partial charge in [-0.2, -0.15) is 0 Å². The standard InChI is InChI=1S/C22H15N5O/c28-22(25-13-6-7-13)12-5-8-16-17(11-12)27-21-19-15(4-2-10-24-19)14-3-1-9-23-18(14)20(21)26-16/h1-5,8-11,13H,6-7H2,(H,25,28). The highest BCUT2D eigenvalue weighted by molar-refractivity contribution is 6.21. The van der Waals surface area contributed by atoms with Crippen LogP contribution in [0.25, 0.3) is 43.9 Å². The van der Waals surface area contributed by atoms with E-state index in [9.17, 15) is 4.79 Å². The number of pyridine rings is 2. The average Bonchev–Trinajstić information content (AvgIpc) is 3.56. The number of nitrogens with zero attached hydrogens (tertiary/aromatic N) is 4. The average molecular weight is 365 g/mol. The van der Waals surface area contributed by atoms with Gasteiger partial charge in [0.1, 0.15) is 11.0 Å². The zero-order chi connectivity index (χ0) is 18.7. The topological polar surface area (TPSA) is 80.7 Å². The van der Waals surface area contributed by atoms with Gasteiger partial charge in [0.15, 0.2) is 0 Å². The van der Waals surface area contributed by atoms with Crippen molar-refractivity contribution in [2.24, 2.45) is 0 Å². The molecule has 134 valence electrons. The van der Waals surface area contributed by atoms with Gasteiger partial charge < -0.3 is 5.32 Å². The summed E-state index contributed by atoms with van der Waals surface area (Å²) in [6.45, 7) is 0. The number of hydrogen-bond donors (Lipinski definition) is 1. The summed E-state index contributed by atoms with van der Waals surface area (Å²) in [5.74, 6) is -0.0607. The molecule has 1 aliphatic carbocycles. The molecule has 1 fully saturated rings. The van der Waals surface area contributed by atoms with Crippen molar-refractivity contribution in [2.75, 3.05) is 0 Å². The molecule has 1 N–H and O–H groups in total. The molecule has 0 unspecified atom stereocenters. The van der Waals surface area contributed by atoms with E-state index in [-0.39, 0.29) is 5.91 Å². The molecule has 1 aliphatic rings. The second kappa shape index (κ2) is 5.66. The molecule has 3 aromatic heterocycles. The SMILES string of the molecule is O=C(NC1CC1)c1ccc2nc3c4ncccc4c4cccnc4c3nc2c1. The van der Waals surface area contributed by atoms with Gasteiger partial charge in [0.05, 0.1) is 22.1 Å². The van der Waals surface area contributed by atoms with Gasteiger partial charge >= 0.3 is 0 Å². The lowest BCUT2D eigenvalue weighted by Gasteiger charge is -2.09. The predicted molar refractivity (Wildman–Crippen MR) is 108 cm³/mol. The van der Waals surface area contributed by atoms with Gasteiger partial charge in [0.2, 0.25) is 0 Å². The molecule has 0 aliphatic heterocycles. The van der Waals surface area contributed by atoms with Gasteiger partial charge in [0.25, 0.3) is 5.91 Å². The lowest BCUT2D eigenvalue weighted by Crippen LogP contribution is -2.25. The minimum atomic E-state index is -0.0607. The van der Waals surface area contributed by atoms with E-state index in [0.29, 0.717) is 22.6 Å². The van der Waals surface area contributed by atoms with Crippen LogP contribution < -0.4 is 5.32 Å². The second-order valence-electron chi connectivity index (χ2n) is 7.17. The molecule has 1 amide bonds. The van der Waals surface area contributed by atoms with Crippen molar-refractivity contribution in [3.05, 3.63) is 60.4 Å². The van der Waals surface area contributed by atoms with E-state index < -0.39 is 0 Å². The fraction of sp³-hybridized carbons (Fsp3) is 0.136. The normalized spacial score (nSPS) is 14.1. The Morgan fingerprint density at radius 3 is 2.11 bits per heavy atom. The first kappa shape index (κ1) is 15.4. The molecule has 6 rings (SSSR count). The number of amides is 1. The fourth-order valence-electron chi connectivity index (χ4n) is 3.64. The maximum Gasteiger partial charge on any atom is 0.251 e. The predicted octanol–water partition coefficient (Wildman–Crippen LogP) is 3.77. The second-order valence-corrected chi connectivity index (χ2v) is 7.17. The van der Waals surface area contributed by atoms with Crippen molar-refractivity contribution in [2.45, 2.75) is 18.9 Å². The van der Waals surface area contributed by atoms with E-state index >= 15 is 0 Å². The Bertz CT molecular complexity index is 1420. The monoisotopic (exact) mass is 365 g/mol. The van der Waals surface area contributed by atoms with E-state index in [4.69, 9.17) is 9.97 Å². The van der Waals surface area contributed by atoms with Crippen molar-refractivity contribution in [3.8, 4) is 0 Å². The largest absolute Gasteiger partial charge is 0.349 e. The van der Waals surface area contributed by atoms with Crippen LogP contribution in [0.3, 0.4) is 0 Å². The first-order valence-electron chi connectivity index (χ1n) is 9.32. The van der Waals surface area contributed by atoms with Crippen LogP contribution in [0.4, 0.5) is 0 Å². The summed E-state index contributed by atoms with van der Waals surface area (Å²) < 4.78 is 0. The van der Waals surface area contributed by atoms with E-state index in [2.05, 4.69) is 15.3 Å². The van der Waals surface area contributed by atoms with Gasteiger partial charge in [-0.3, -0.25) is 14.8 Å². The van der Waals surface area contributed by atoms with Gasteiger partial charge in [-0.15, -0.1) is 0 Å². The van der Waals surface area contributed by atoms with Gasteiger partial charge in [-0.05, 0) is 43.2 Å². The summed E-state index contributed by atoms with van der Waals surface area (Å²) in [5.41, 5.74) is 5.04. The third-order valence-corrected chi connectivity index (χ3v) is 5.19. The Morgan fingerprint density at radius 1 is 0.821 bits per heavy atom. The minimum Gasteiger partial charge on any atom is -0.349 e. The van der Waals surface area contributed by atoms with Crippen molar-refractivity contribution < 1.29 is 4.79 Å². The number of benzene rings is 2. The highest BCUT2D eigenvalue weighted by Gasteiger charge is 2.24. The molecule has 2 aromatic carbocycles. The van der Waals surface area contributed by atoms with Gasteiger partial charge in [-0.1, -0.05) is 12.1 Å². The van der Waals surface area contributed by atoms with E-state index in [1.54, 1.807) is 24.5 Å². The third-order valence-electron chi connectivity index (χ3n) is 5.19. The van der Waals surface area contributed by atoms with Crippen LogP contribution in [0.2, 0.25) is 0 Å². The maximum absolute atomic E-state index is 12.4. The lowest BCUT2D eigenvalue weighted by molar-refractivity contribution is 0.0951. The van der Waals surface area contributed by atoms with Crippen molar-refractivity contribution in [1.82, 2.24) is 25.3 Å². The molecule has 0 saturated heterocycles. The Morgan fingerprint density at radius 2 is 1.46 bits per heavy atom. The summed E-state index contributed by atoms with van der Waals surface area (Å²) in [6, 6.07) is 13.7. The number of aromatic nitrogens is 4. The van der Waals surface area contributed by atoms with Crippen LogP contribution in [-0.4, -0.2) is 31.9 Å². The Kier molecular flexibility index (Phi) is 3.11. The van der Waals surface area contributed by atoms with E-state index in [1.165, 1.54) is 0 Å². The maximum atomic E-state index is 12.4. The van der Waals surface area contributed by atoms with Crippen molar-refractivity contribution in [3.63, 3.8) is 0 Å². The minimum absolute atomic E-state index is 0.0607. The Balaban J connectivity index is 1.67. The molecule has 6 heteroatoms. The molecule has 0 radical (unpaired) electrons. The molecule has 3 heterocycles. The van der Waals surface area contributed by atoms with Crippen LogP contribution >= 0.6 is 0 Å². The van der Waals surface area contributed by atoms with E-state index in [0.717, 1.165) is 45.7 Å². The first-order valence-corrected chi connectivity index (χ1v) is 9.32. The molecule has 5 aromatic rings. The number of nitrogens with one attached hydrogen (secondary N) is 1. The number of rotatable bonds is 2. The highest BCUT2D eigenvalue weighted by atomic mass is 16.1. The molecular weight excluding hydrogens is 350 g/mol. The molecule has 0 bridgehead atoms. The number of fused-ring (bicyclic) bond motifs is 7. The lowest BCUT2D eigenvalue weighted by atomic mass is 10.1. The van der Waals surface area contributed by atoms with Crippen molar-refractivity contribution in [1.29, 1.82) is 0 Å². The smallest absolute Gasteiger partial charge is 0.251 e. The Labute approximate surface area is 159 Å². The first-order chi connectivity index (χ1) is 13.8. The zero-order valence-corrected chi connectivity index (χ0v) is 14.9. The van der Waals surface area contributed by atoms with E-state index in [1.807, 2.05) is 30.3 Å². The van der Waals surface area contributed by atoms with Crippen molar-refractivity contribution >= 4 is 49.8 Å². The zero-order valence-electron chi connectivity index (χ0n) is 14.9. The number of carbonyl (C=O) groups is 1. The summed E-state index contributed by atoms with van der Waals surface area (Å²) in [5, 5.41) is 5.02. The highest BCUT2D eigenvalue weighted by Crippen LogP contribution is 2.31. The van der Waals surface area contributed by atoms with Crippen LogP contribution in [0.5, 0.6) is 0 Å². The molecule has 0 spiro atoms. The molecule has 28 heavy (non-hydrogen) atoms. The summed E-state index contributed by atoms with van der Waals surface area (Å²) in [4.78, 5) is 31.2. The molecule has 1 saturated carbocycles. The van der Waals surface area contributed by atoms with Gasteiger partial charge in [0, 0.05) is 34.8 Å². The summed E-state index contributed by atoms with van der Waals surface area (Å²) in [6.07, 6.45) is 5.64. The fourth-order valence-corrected chi connectivity index (χ4v) is 3.64. The molecular formula is C22H15N5O. The van der Waals surface area contributed by atoms with Crippen LogP contribution in [-0.2, 0) is 0 Å². The summed E-state index contributed by atoms with van der Waals surface area (Å²) in [7, 11) is 0. The molecule has 0 atom stereocenters. The summed E-state index contributed by atoms with van der Waals surface area (Å²) >= 11 is 0. The van der Waals surface area contributed by atoms with Crippen LogP contribution in [0, 0.1) is 0 Å². The number of hydrogen-bond acceptors (Lipinski definition) is 5. The van der Waals surface area contributed by atoms with Crippen LogP contribution in [0.15, 0.2) is 54.9 Å². The number of carbonyl (C=O) groups excluding carboxylic acids is 1.